The number of amides is 1. The lowest BCUT2D eigenvalue weighted by atomic mass is 10.2. The van der Waals surface area contributed by atoms with Gasteiger partial charge in [-0.25, -0.2) is 0 Å². The van der Waals surface area contributed by atoms with Crippen LogP contribution in [0.4, 0.5) is 5.69 Å². The molecule has 1 atom stereocenters. The molecule has 0 aliphatic carbocycles. The number of rotatable bonds is 7. The number of ether oxygens (including phenoxy) is 1. The molecular formula is C21H27N3O2. The molecule has 5 nitrogen and oxygen atoms in total. The first-order valence-electron chi connectivity index (χ1n) is 9.22. The van der Waals surface area contributed by atoms with Crippen LogP contribution in [0.25, 0.3) is 0 Å². The maximum atomic E-state index is 12.4. The Labute approximate surface area is 155 Å². The second-order valence-corrected chi connectivity index (χ2v) is 6.57. The minimum Gasteiger partial charge on any atom is -0.492 e. The number of nitrogens with one attached hydrogen (secondary N) is 1. The quantitative estimate of drug-likeness (QED) is 0.831. The second kappa shape index (κ2) is 9.36. The summed E-state index contributed by atoms with van der Waals surface area (Å²) in [6.07, 6.45) is 0. The smallest absolute Gasteiger partial charge is 0.241 e. The van der Waals surface area contributed by atoms with Crippen molar-refractivity contribution in [3.05, 3.63) is 60.7 Å². The van der Waals surface area contributed by atoms with E-state index in [1.54, 1.807) is 0 Å². The summed E-state index contributed by atoms with van der Waals surface area (Å²) < 4.78 is 5.77. The highest BCUT2D eigenvalue weighted by atomic mass is 16.5. The highest BCUT2D eigenvalue weighted by Gasteiger charge is 2.25. The summed E-state index contributed by atoms with van der Waals surface area (Å²) in [7, 11) is 0. The van der Waals surface area contributed by atoms with Crippen molar-refractivity contribution in [1.29, 1.82) is 0 Å². The van der Waals surface area contributed by atoms with E-state index in [9.17, 15) is 4.79 Å². The third kappa shape index (κ3) is 5.31. The standard InChI is InChI=1S/C21H27N3O2/c1-18(21(25)22-19-8-4-2-5-9-19)24-14-12-23(13-15-24)16-17-26-20-10-6-3-7-11-20/h2-11,18H,12-17H2,1H3,(H,22,25). The van der Waals surface area contributed by atoms with E-state index >= 15 is 0 Å². The number of benzene rings is 2. The Bertz CT molecular complexity index is 670. The van der Waals surface area contributed by atoms with E-state index in [0.29, 0.717) is 6.61 Å². The van der Waals surface area contributed by atoms with Crippen LogP contribution in [0.5, 0.6) is 5.75 Å². The van der Waals surface area contributed by atoms with Gasteiger partial charge >= 0.3 is 0 Å². The third-order valence-electron chi connectivity index (χ3n) is 4.79. The fraction of sp³-hybridized carbons (Fsp3) is 0.381. The number of para-hydroxylation sites is 2. The zero-order valence-corrected chi connectivity index (χ0v) is 15.3. The zero-order chi connectivity index (χ0) is 18.2. The maximum Gasteiger partial charge on any atom is 0.241 e. The molecule has 1 N–H and O–H groups in total. The molecule has 0 saturated carbocycles. The molecule has 0 aromatic heterocycles. The Kier molecular flexibility index (Phi) is 6.63. The third-order valence-corrected chi connectivity index (χ3v) is 4.79. The molecule has 0 bridgehead atoms. The number of carbonyl (C=O) groups is 1. The fourth-order valence-corrected chi connectivity index (χ4v) is 3.12. The van der Waals surface area contributed by atoms with Crippen molar-refractivity contribution >= 4 is 11.6 Å². The van der Waals surface area contributed by atoms with E-state index in [1.165, 1.54) is 0 Å². The van der Waals surface area contributed by atoms with Crippen LogP contribution in [-0.2, 0) is 4.79 Å². The van der Waals surface area contributed by atoms with Crippen LogP contribution in [-0.4, -0.2) is 61.1 Å². The lowest BCUT2D eigenvalue weighted by Crippen LogP contribution is -2.53. The van der Waals surface area contributed by atoms with E-state index in [2.05, 4.69) is 15.1 Å². The molecule has 1 unspecified atom stereocenters. The first kappa shape index (κ1) is 18.4. The van der Waals surface area contributed by atoms with Gasteiger partial charge < -0.3 is 10.1 Å². The van der Waals surface area contributed by atoms with Gasteiger partial charge in [-0.2, -0.15) is 0 Å². The average molecular weight is 353 g/mol. The number of hydrogen-bond acceptors (Lipinski definition) is 4. The lowest BCUT2D eigenvalue weighted by molar-refractivity contribution is -0.121. The molecule has 5 heteroatoms. The van der Waals surface area contributed by atoms with Gasteiger partial charge in [-0.15, -0.1) is 0 Å². The molecule has 1 aliphatic heterocycles. The second-order valence-electron chi connectivity index (χ2n) is 6.57. The highest BCUT2D eigenvalue weighted by Crippen LogP contribution is 2.11. The van der Waals surface area contributed by atoms with Crippen molar-refractivity contribution in [2.45, 2.75) is 13.0 Å². The molecule has 1 aliphatic rings. The fourth-order valence-electron chi connectivity index (χ4n) is 3.12. The van der Waals surface area contributed by atoms with Gasteiger partial charge in [-0.1, -0.05) is 36.4 Å². The van der Waals surface area contributed by atoms with Crippen LogP contribution >= 0.6 is 0 Å². The Morgan fingerprint density at radius 3 is 2.27 bits per heavy atom. The van der Waals surface area contributed by atoms with Crippen molar-refractivity contribution in [2.75, 3.05) is 44.6 Å². The molecule has 0 spiro atoms. The van der Waals surface area contributed by atoms with Gasteiger partial charge in [-0.05, 0) is 31.2 Å². The molecule has 1 heterocycles. The van der Waals surface area contributed by atoms with Crippen LogP contribution in [0.15, 0.2) is 60.7 Å². The van der Waals surface area contributed by atoms with Crippen LogP contribution in [0, 0.1) is 0 Å². The topological polar surface area (TPSA) is 44.8 Å². The lowest BCUT2D eigenvalue weighted by Gasteiger charge is -2.37. The van der Waals surface area contributed by atoms with Crippen LogP contribution < -0.4 is 10.1 Å². The van der Waals surface area contributed by atoms with Gasteiger partial charge in [0.05, 0.1) is 6.04 Å². The average Bonchev–Trinajstić information content (AvgIpc) is 2.69. The summed E-state index contributed by atoms with van der Waals surface area (Å²) in [5.41, 5.74) is 0.848. The zero-order valence-electron chi connectivity index (χ0n) is 15.3. The SMILES string of the molecule is CC(C(=O)Nc1ccccc1)N1CCN(CCOc2ccccc2)CC1. The van der Waals surface area contributed by atoms with Crippen molar-refractivity contribution in [1.82, 2.24) is 9.80 Å². The van der Waals surface area contributed by atoms with Crippen LogP contribution in [0.1, 0.15) is 6.92 Å². The molecule has 1 amide bonds. The summed E-state index contributed by atoms with van der Waals surface area (Å²) in [6, 6.07) is 19.4. The van der Waals surface area contributed by atoms with Gasteiger partial charge in [0.2, 0.25) is 5.91 Å². The first-order chi connectivity index (χ1) is 12.7. The molecule has 2 aromatic carbocycles. The predicted octanol–water partition coefficient (Wildman–Crippen LogP) is 2.71. The number of piperazine rings is 1. The van der Waals surface area contributed by atoms with Crippen molar-refractivity contribution in [2.24, 2.45) is 0 Å². The van der Waals surface area contributed by atoms with Crippen molar-refractivity contribution < 1.29 is 9.53 Å². The molecule has 26 heavy (non-hydrogen) atoms. The Balaban J connectivity index is 1.38. The number of hydrogen-bond donors (Lipinski definition) is 1. The van der Waals surface area contributed by atoms with Gasteiger partial charge in [0.15, 0.2) is 0 Å². The van der Waals surface area contributed by atoms with Gasteiger partial charge in [-0.3, -0.25) is 14.6 Å². The summed E-state index contributed by atoms with van der Waals surface area (Å²) >= 11 is 0. The molecular weight excluding hydrogens is 326 g/mol. The van der Waals surface area contributed by atoms with Crippen LogP contribution in [0.3, 0.4) is 0 Å². The van der Waals surface area contributed by atoms with E-state index < -0.39 is 0 Å². The summed E-state index contributed by atoms with van der Waals surface area (Å²) in [5.74, 6) is 0.967. The largest absolute Gasteiger partial charge is 0.492 e. The highest BCUT2D eigenvalue weighted by molar-refractivity contribution is 5.94. The Morgan fingerprint density at radius 1 is 1.00 bits per heavy atom. The summed E-state index contributed by atoms with van der Waals surface area (Å²) in [5, 5.41) is 2.99. The van der Waals surface area contributed by atoms with Gasteiger partial charge in [0.25, 0.3) is 0 Å². The van der Waals surface area contributed by atoms with Gasteiger partial charge in [0.1, 0.15) is 12.4 Å². The molecule has 138 valence electrons. The Hall–Kier alpha value is -2.37. The minimum absolute atomic E-state index is 0.0528. The number of anilines is 1. The van der Waals surface area contributed by atoms with Crippen molar-refractivity contribution in [3.63, 3.8) is 0 Å². The van der Waals surface area contributed by atoms with Crippen LogP contribution in [0.2, 0.25) is 0 Å². The molecule has 1 saturated heterocycles. The van der Waals surface area contributed by atoms with E-state index in [0.717, 1.165) is 44.2 Å². The predicted molar refractivity (Wildman–Crippen MR) is 104 cm³/mol. The maximum absolute atomic E-state index is 12.4. The van der Waals surface area contributed by atoms with Crippen molar-refractivity contribution in [3.8, 4) is 5.75 Å². The number of nitrogens with zero attached hydrogens (tertiary/aromatic N) is 2. The minimum atomic E-state index is -0.127. The number of carbonyl (C=O) groups excluding carboxylic acids is 1. The van der Waals surface area contributed by atoms with E-state index in [1.807, 2.05) is 67.6 Å². The molecule has 2 aromatic rings. The molecule has 3 rings (SSSR count). The molecule has 0 radical (unpaired) electrons. The summed E-state index contributed by atoms with van der Waals surface area (Å²) in [6.45, 7) is 7.29. The summed E-state index contributed by atoms with van der Waals surface area (Å²) in [4.78, 5) is 17.1. The normalized spacial score (nSPS) is 16.8. The van der Waals surface area contributed by atoms with E-state index in [-0.39, 0.29) is 11.9 Å². The Morgan fingerprint density at radius 2 is 1.62 bits per heavy atom. The first-order valence-corrected chi connectivity index (χ1v) is 9.22. The van der Waals surface area contributed by atoms with E-state index in [4.69, 9.17) is 4.74 Å². The molecule has 1 fully saturated rings. The monoisotopic (exact) mass is 353 g/mol. The van der Waals surface area contributed by atoms with Gasteiger partial charge in [0, 0.05) is 38.4 Å².